The van der Waals surface area contributed by atoms with Gasteiger partial charge in [0.15, 0.2) is 11.6 Å². The third-order valence-corrected chi connectivity index (χ3v) is 2.53. The summed E-state index contributed by atoms with van der Waals surface area (Å²) in [5, 5.41) is 3.12. The van der Waals surface area contributed by atoms with E-state index in [1.807, 2.05) is 19.9 Å². The van der Waals surface area contributed by atoms with Gasteiger partial charge in [0, 0.05) is 24.2 Å². The van der Waals surface area contributed by atoms with Gasteiger partial charge in [-0.1, -0.05) is 0 Å². The number of nitrogens with one attached hydrogen (secondary N) is 1. The van der Waals surface area contributed by atoms with E-state index in [1.54, 1.807) is 18.6 Å². The van der Waals surface area contributed by atoms with E-state index in [9.17, 15) is 4.39 Å². The lowest BCUT2D eigenvalue weighted by Gasteiger charge is -2.14. The molecule has 0 aliphatic carbocycles. The Morgan fingerprint density at radius 1 is 1.42 bits per heavy atom. The SMILES string of the molecule is CC(C)Oc1cc(NCc2ccoc2)c(N)cc1F. The fourth-order valence-corrected chi connectivity index (χ4v) is 1.66. The van der Waals surface area contributed by atoms with E-state index in [0.29, 0.717) is 17.9 Å². The van der Waals surface area contributed by atoms with Gasteiger partial charge in [0.2, 0.25) is 0 Å². The highest BCUT2D eigenvalue weighted by Gasteiger charge is 2.10. The molecule has 0 aliphatic heterocycles. The van der Waals surface area contributed by atoms with Crippen molar-refractivity contribution in [1.29, 1.82) is 0 Å². The van der Waals surface area contributed by atoms with Gasteiger partial charge in [-0.3, -0.25) is 0 Å². The van der Waals surface area contributed by atoms with E-state index >= 15 is 0 Å². The van der Waals surface area contributed by atoms with E-state index in [-0.39, 0.29) is 11.9 Å². The lowest BCUT2D eigenvalue weighted by Crippen LogP contribution is -2.09. The lowest BCUT2D eigenvalue weighted by atomic mass is 10.2. The van der Waals surface area contributed by atoms with Crippen LogP contribution in [0.15, 0.2) is 35.1 Å². The largest absolute Gasteiger partial charge is 0.488 e. The fraction of sp³-hybridized carbons (Fsp3) is 0.286. The van der Waals surface area contributed by atoms with Crippen LogP contribution in [0.4, 0.5) is 15.8 Å². The zero-order valence-corrected chi connectivity index (χ0v) is 10.9. The summed E-state index contributed by atoms with van der Waals surface area (Å²) in [7, 11) is 0. The van der Waals surface area contributed by atoms with E-state index in [4.69, 9.17) is 14.9 Å². The Morgan fingerprint density at radius 2 is 2.21 bits per heavy atom. The molecule has 1 heterocycles. The quantitative estimate of drug-likeness (QED) is 0.812. The van der Waals surface area contributed by atoms with Crippen LogP contribution in [0, 0.1) is 5.82 Å². The first-order valence-corrected chi connectivity index (χ1v) is 6.07. The zero-order valence-electron chi connectivity index (χ0n) is 10.9. The second-order valence-electron chi connectivity index (χ2n) is 4.52. The van der Waals surface area contributed by atoms with E-state index < -0.39 is 5.82 Å². The summed E-state index contributed by atoms with van der Waals surface area (Å²) in [5.41, 5.74) is 7.74. The number of hydrogen-bond acceptors (Lipinski definition) is 4. The molecule has 102 valence electrons. The Kier molecular flexibility index (Phi) is 3.94. The molecule has 1 aromatic carbocycles. The first kappa shape index (κ1) is 13.3. The molecule has 1 aromatic heterocycles. The van der Waals surface area contributed by atoms with Gasteiger partial charge in [0.1, 0.15) is 0 Å². The maximum Gasteiger partial charge on any atom is 0.167 e. The summed E-state index contributed by atoms with van der Waals surface area (Å²) in [4.78, 5) is 0. The number of rotatable bonds is 5. The van der Waals surface area contributed by atoms with Crippen LogP contribution in [0.2, 0.25) is 0 Å². The number of nitrogen functional groups attached to an aromatic ring is 1. The van der Waals surface area contributed by atoms with Crippen LogP contribution in [0.3, 0.4) is 0 Å². The molecule has 2 aromatic rings. The third kappa shape index (κ3) is 3.40. The van der Waals surface area contributed by atoms with Gasteiger partial charge in [-0.05, 0) is 19.9 Å². The first-order chi connectivity index (χ1) is 9.06. The van der Waals surface area contributed by atoms with Crippen molar-refractivity contribution in [3.8, 4) is 5.75 Å². The van der Waals surface area contributed by atoms with Crippen LogP contribution in [0.5, 0.6) is 5.75 Å². The molecule has 0 aliphatic rings. The molecule has 0 atom stereocenters. The highest BCUT2D eigenvalue weighted by molar-refractivity contribution is 5.68. The summed E-state index contributed by atoms with van der Waals surface area (Å²) in [6.07, 6.45) is 3.14. The molecule has 0 bridgehead atoms. The molecule has 4 nitrogen and oxygen atoms in total. The minimum absolute atomic E-state index is 0.0974. The second kappa shape index (κ2) is 5.65. The molecule has 0 amide bonds. The standard InChI is InChI=1S/C14H17FN2O2/c1-9(2)19-14-6-13(12(16)5-11(14)15)17-7-10-3-4-18-8-10/h3-6,8-9,17H,7,16H2,1-2H3. The second-order valence-corrected chi connectivity index (χ2v) is 4.52. The minimum atomic E-state index is -0.458. The Balaban J connectivity index is 2.15. The van der Waals surface area contributed by atoms with Crippen LogP contribution in [-0.4, -0.2) is 6.10 Å². The van der Waals surface area contributed by atoms with Crippen molar-refractivity contribution < 1.29 is 13.5 Å². The number of nitrogens with two attached hydrogens (primary N) is 1. The van der Waals surface area contributed by atoms with Crippen LogP contribution in [0.25, 0.3) is 0 Å². The van der Waals surface area contributed by atoms with Gasteiger partial charge in [-0.15, -0.1) is 0 Å². The molecule has 0 spiro atoms. The van der Waals surface area contributed by atoms with Crippen molar-refractivity contribution in [2.45, 2.75) is 26.5 Å². The van der Waals surface area contributed by atoms with Gasteiger partial charge in [-0.25, -0.2) is 4.39 Å². The van der Waals surface area contributed by atoms with Gasteiger partial charge in [-0.2, -0.15) is 0 Å². The summed E-state index contributed by atoms with van der Waals surface area (Å²) in [5.74, 6) is -0.265. The highest BCUT2D eigenvalue weighted by atomic mass is 19.1. The molecular formula is C14H17FN2O2. The number of anilines is 2. The zero-order chi connectivity index (χ0) is 13.8. The average Bonchev–Trinajstić information content (AvgIpc) is 2.83. The predicted octanol–water partition coefficient (Wildman–Crippen LogP) is 3.40. The normalized spacial score (nSPS) is 10.7. The molecular weight excluding hydrogens is 247 g/mol. The summed E-state index contributed by atoms with van der Waals surface area (Å²) in [6.45, 7) is 4.23. The molecule has 0 radical (unpaired) electrons. The van der Waals surface area contributed by atoms with Crippen molar-refractivity contribution >= 4 is 11.4 Å². The molecule has 0 saturated carbocycles. The number of hydrogen-bond donors (Lipinski definition) is 2. The van der Waals surface area contributed by atoms with Crippen molar-refractivity contribution in [1.82, 2.24) is 0 Å². The fourth-order valence-electron chi connectivity index (χ4n) is 1.66. The van der Waals surface area contributed by atoms with Gasteiger partial charge >= 0.3 is 0 Å². The van der Waals surface area contributed by atoms with Crippen molar-refractivity contribution in [3.63, 3.8) is 0 Å². The Bertz CT molecular complexity index is 539. The highest BCUT2D eigenvalue weighted by Crippen LogP contribution is 2.29. The predicted molar refractivity (Wildman–Crippen MR) is 72.6 cm³/mol. The van der Waals surface area contributed by atoms with Crippen molar-refractivity contribution in [3.05, 3.63) is 42.1 Å². The number of benzene rings is 1. The first-order valence-electron chi connectivity index (χ1n) is 6.07. The summed E-state index contributed by atoms with van der Waals surface area (Å²) in [6, 6.07) is 4.68. The Hall–Kier alpha value is -2.17. The topological polar surface area (TPSA) is 60.4 Å². The smallest absolute Gasteiger partial charge is 0.167 e. The van der Waals surface area contributed by atoms with Crippen molar-refractivity contribution in [2.24, 2.45) is 0 Å². The molecule has 0 fully saturated rings. The molecule has 3 N–H and O–H groups in total. The maximum atomic E-state index is 13.7. The number of halogens is 1. The van der Waals surface area contributed by atoms with Crippen LogP contribution < -0.4 is 15.8 Å². The molecule has 0 unspecified atom stereocenters. The van der Waals surface area contributed by atoms with Crippen molar-refractivity contribution in [2.75, 3.05) is 11.1 Å². The maximum absolute atomic E-state index is 13.7. The van der Waals surface area contributed by atoms with Crippen LogP contribution in [-0.2, 0) is 6.54 Å². The van der Waals surface area contributed by atoms with E-state index in [0.717, 1.165) is 5.56 Å². The molecule has 19 heavy (non-hydrogen) atoms. The van der Waals surface area contributed by atoms with Gasteiger partial charge in [0.25, 0.3) is 0 Å². The summed E-state index contributed by atoms with van der Waals surface area (Å²) < 4.78 is 24.0. The average molecular weight is 264 g/mol. The van der Waals surface area contributed by atoms with Crippen LogP contribution >= 0.6 is 0 Å². The Morgan fingerprint density at radius 3 is 2.84 bits per heavy atom. The monoisotopic (exact) mass is 264 g/mol. The van der Waals surface area contributed by atoms with Gasteiger partial charge in [0.05, 0.1) is 30.0 Å². The molecule has 2 rings (SSSR count). The van der Waals surface area contributed by atoms with E-state index in [1.165, 1.54) is 6.07 Å². The third-order valence-electron chi connectivity index (χ3n) is 2.53. The number of furan rings is 1. The Labute approximate surface area is 111 Å². The van der Waals surface area contributed by atoms with Crippen LogP contribution in [0.1, 0.15) is 19.4 Å². The van der Waals surface area contributed by atoms with Gasteiger partial charge < -0.3 is 20.2 Å². The minimum Gasteiger partial charge on any atom is -0.488 e. The van der Waals surface area contributed by atoms with E-state index in [2.05, 4.69) is 5.32 Å². The lowest BCUT2D eigenvalue weighted by molar-refractivity contribution is 0.231. The molecule has 5 heteroatoms. The summed E-state index contributed by atoms with van der Waals surface area (Å²) >= 11 is 0. The number of ether oxygens (including phenoxy) is 1. The molecule has 0 saturated heterocycles.